The van der Waals surface area contributed by atoms with Crippen molar-refractivity contribution < 1.29 is 14.6 Å². The normalized spacial score (nSPS) is 11.0. The number of benzene rings is 2. The van der Waals surface area contributed by atoms with Gasteiger partial charge in [-0.25, -0.2) is 9.78 Å². The lowest BCUT2D eigenvalue weighted by Crippen LogP contribution is -2.23. The van der Waals surface area contributed by atoms with Crippen molar-refractivity contribution in [1.29, 1.82) is 0 Å². The predicted molar refractivity (Wildman–Crippen MR) is 114 cm³/mol. The molecule has 0 unspecified atom stereocenters. The molecule has 0 aliphatic rings. The third kappa shape index (κ3) is 3.79. The predicted octanol–water partition coefficient (Wildman–Crippen LogP) is 3.83. The van der Waals surface area contributed by atoms with Crippen molar-refractivity contribution in [3.05, 3.63) is 82.0 Å². The molecular formula is C22H18ClN3O4. The summed E-state index contributed by atoms with van der Waals surface area (Å²) in [5.41, 5.74) is 2.03. The Bertz CT molecular complexity index is 1310. The quantitative estimate of drug-likeness (QED) is 0.509. The number of carboxylic acid groups (broad SMARTS) is 1. The van der Waals surface area contributed by atoms with Gasteiger partial charge in [0.25, 0.3) is 5.56 Å². The zero-order valence-electron chi connectivity index (χ0n) is 16.1. The summed E-state index contributed by atoms with van der Waals surface area (Å²) in [7, 11) is 1.84. The van der Waals surface area contributed by atoms with Crippen LogP contribution in [-0.4, -0.2) is 31.8 Å². The van der Waals surface area contributed by atoms with Crippen LogP contribution in [-0.2, 0) is 13.6 Å². The van der Waals surface area contributed by atoms with Crippen molar-refractivity contribution >= 4 is 28.6 Å². The number of rotatable bonds is 6. The molecule has 4 aromatic rings. The van der Waals surface area contributed by atoms with Gasteiger partial charge in [0.2, 0.25) is 0 Å². The molecule has 2 aromatic heterocycles. The van der Waals surface area contributed by atoms with E-state index in [2.05, 4.69) is 4.98 Å². The van der Waals surface area contributed by atoms with Crippen molar-refractivity contribution in [2.24, 2.45) is 7.05 Å². The summed E-state index contributed by atoms with van der Waals surface area (Å²) in [6, 6.07) is 13.5. The molecule has 0 amide bonds. The van der Waals surface area contributed by atoms with Gasteiger partial charge in [-0.1, -0.05) is 23.7 Å². The highest BCUT2D eigenvalue weighted by atomic mass is 35.5. The van der Waals surface area contributed by atoms with Crippen molar-refractivity contribution in [3.8, 4) is 16.9 Å². The Morgan fingerprint density at radius 2 is 2.03 bits per heavy atom. The third-order valence-electron chi connectivity index (χ3n) is 4.80. The fourth-order valence-corrected chi connectivity index (χ4v) is 3.44. The van der Waals surface area contributed by atoms with E-state index < -0.39 is 5.97 Å². The molecule has 0 bridgehead atoms. The molecule has 0 radical (unpaired) electrons. The number of ether oxygens (including phenoxy) is 1. The lowest BCUT2D eigenvalue weighted by atomic mass is 10.0. The third-order valence-corrected chi connectivity index (χ3v) is 5.04. The Balaban J connectivity index is 1.57. The number of aryl methyl sites for hydroxylation is 1. The second kappa shape index (κ2) is 8.04. The van der Waals surface area contributed by atoms with Crippen LogP contribution in [0.2, 0.25) is 5.02 Å². The molecule has 2 aromatic carbocycles. The van der Waals surface area contributed by atoms with Crippen molar-refractivity contribution in [2.75, 3.05) is 6.61 Å². The highest BCUT2D eigenvalue weighted by molar-refractivity contribution is 6.31. The first-order valence-corrected chi connectivity index (χ1v) is 9.58. The fraction of sp³-hybridized carbons (Fsp3) is 0.136. The maximum absolute atomic E-state index is 12.6. The molecule has 0 aliphatic heterocycles. The minimum Gasteiger partial charge on any atom is -0.491 e. The van der Waals surface area contributed by atoms with Crippen LogP contribution >= 0.6 is 11.6 Å². The van der Waals surface area contributed by atoms with Crippen molar-refractivity contribution in [3.63, 3.8) is 0 Å². The standard InChI is InChI=1S/C22H18ClN3O4/c1-25-8-7-17-20(25)24-13-26(21(17)27)9-10-30-19-6-5-16(23)12-18(19)14-3-2-4-15(11-14)22(28)29/h2-8,11-13H,9-10H2,1H3,(H,28,29). The van der Waals surface area contributed by atoms with Gasteiger partial charge in [-0.2, -0.15) is 0 Å². The molecule has 8 heteroatoms. The zero-order valence-corrected chi connectivity index (χ0v) is 16.8. The molecule has 0 spiro atoms. The van der Waals surface area contributed by atoms with Gasteiger partial charge < -0.3 is 14.4 Å². The lowest BCUT2D eigenvalue weighted by Gasteiger charge is -2.13. The van der Waals surface area contributed by atoms with Crippen LogP contribution in [0, 0.1) is 0 Å². The number of nitrogens with zero attached hydrogens (tertiary/aromatic N) is 3. The molecule has 4 rings (SSSR count). The molecule has 0 atom stereocenters. The van der Waals surface area contributed by atoms with Crippen LogP contribution in [0.4, 0.5) is 0 Å². The molecule has 0 fully saturated rings. The molecule has 30 heavy (non-hydrogen) atoms. The SMILES string of the molecule is Cn1ccc2c(=O)n(CCOc3ccc(Cl)cc3-c3cccc(C(=O)O)c3)cnc21. The van der Waals surface area contributed by atoms with E-state index >= 15 is 0 Å². The van der Waals surface area contributed by atoms with Crippen LogP contribution in [0.5, 0.6) is 5.75 Å². The highest BCUT2D eigenvalue weighted by Gasteiger charge is 2.12. The van der Waals surface area contributed by atoms with Crippen LogP contribution in [0.3, 0.4) is 0 Å². The summed E-state index contributed by atoms with van der Waals surface area (Å²) in [5, 5.41) is 10.3. The zero-order chi connectivity index (χ0) is 21.3. The lowest BCUT2D eigenvalue weighted by molar-refractivity contribution is 0.0697. The average Bonchev–Trinajstić information content (AvgIpc) is 3.12. The number of aromatic nitrogens is 3. The molecule has 1 N–H and O–H groups in total. The number of hydrogen-bond donors (Lipinski definition) is 1. The van der Waals surface area contributed by atoms with E-state index in [1.54, 1.807) is 53.2 Å². The van der Waals surface area contributed by atoms with Crippen LogP contribution in [0.15, 0.2) is 65.8 Å². The Morgan fingerprint density at radius 3 is 2.83 bits per heavy atom. The second-order valence-corrected chi connectivity index (χ2v) is 7.22. The first kappa shape index (κ1) is 19.7. The number of carbonyl (C=O) groups is 1. The van der Waals surface area contributed by atoms with E-state index in [0.717, 1.165) is 0 Å². The Morgan fingerprint density at radius 1 is 1.20 bits per heavy atom. The molecular weight excluding hydrogens is 406 g/mol. The van der Waals surface area contributed by atoms with Crippen LogP contribution in [0.1, 0.15) is 10.4 Å². The van der Waals surface area contributed by atoms with E-state index in [-0.39, 0.29) is 17.7 Å². The Hall–Kier alpha value is -3.58. The second-order valence-electron chi connectivity index (χ2n) is 6.78. The minimum absolute atomic E-state index is 0.130. The number of hydrogen-bond acceptors (Lipinski definition) is 4. The fourth-order valence-electron chi connectivity index (χ4n) is 3.27. The first-order chi connectivity index (χ1) is 14.4. The van der Waals surface area contributed by atoms with E-state index in [1.165, 1.54) is 17.0 Å². The maximum Gasteiger partial charge on any atom is 0.335 e. The van der Waals surface area contributed by atoms with Gasteiger partial charge >= 0.3 is 5.97 Å². The van der Waals surface area contributed by atoms with Crippen molar-refractivity contribution in [2.45, 2.75) is 6.54 Å². The van der Waals surface area contributed by atoms with Gasteiger partial charge in [0.15, 0.2) is 0 Å². The van der Waals surface area contributed by atoms with E-state index in [1.807, 2.05) is 7.05 Å². The van der Waals surface area contributed by atoms with Gasteiger partial charge in [-0.3, -0.25) is 9.36 Å². The molecule has 7 nitrogen and oxygen atoms in total. The minimum atomic E-state index is -1.01. The summed E-state index contributed by atoms with van der Waals surface area (Å²) < 4.78 is 9.22. The summed E-state index contributed by atoms with van der Waals surface area (Å²) in [6.45, 7) is 0.543. The maximum atomic E-state index is 12.6. The van der Waals surface area contributed by atoms with E-state index in [0.29, 0.717) is 39.5 Å². The van der Waals surface area contributed by atoms with Gasteiger partial charge in [0.05, 0.1) is 17.5 Å². The van der Waals surface area contributed by atoms with E-state index in [4.69, 9.17) is 16.3 Å². The summed E-state index contributed by atoms with van der Waals surface area (Å²) in [6.07, 6.45) is 3.30. The summed E-state index contributed by atoms with van der Waals surface area (Å²) in [5.74, 6) is -0.465. The first-order valence-electron chi connectivity index (χ1n) is 9.20. The molecule has 0 saturated carbocycles. The van der Waals surface area contributed by atoms with Gasteiger partial charge in [0.1, 0.15) is 24.3 Å². The highest BCUT2D eigenvalue weighted by Crippen LogP contribution is 2.33. The smallest absolute Gasteiger partial charge is 0.335 e. The largest absolute Gasteiger partial charge is 0.491 e. The summed E-state index contributed by atoms with van der Waals surface area (Å²) in [4.78, 5) is 28.2. The van der Waals surface area contributed by atoms with E-state index in [9.17, 15) is 14.7 Å². The topological polar surface area (TPSA) is 86.3 Å². The number of halogens is 1. The monoisotopic (exact) mass is 423 g/mol. The van der Waals surface area contributed by atoms with Gasteiger partial charge in [-0.05, 0) is 42.0 Å². The Labute approximate surface area is 176 Å². The van der Waals surface area contributed by atoms with Gasteiger partial charge in [-0.15, -0.1) is 0 Å². The number of fused-ring (bicyclic) bond motifs is 1. The summed E-state index contributed by atoms with van der Waals surface area (Å²) >= 11 is 6.15. The number of carboxylic acids is 1. The van der Waals surface area contributed by atoms with Crippen LogP contribution in [0.25, 0.3) is 22.2 Å². The molecule has 0 aliphatic carbocycles. The molecule has 0 saturated heterocycles. The molecule has 152 valence electrons. The number of aromatic carboxylic acids is 1. The molecule has 2 heterocycles. The average molecular weight is 424 g/mol. The van der Waals surface area contributed by atoms with Crippen molar-refractivity contribution in [1.82, 2.24) is 14.1 Å². The Kier molecular flexibility index (Phi) is 5.29. The van der Waals surface area contributed by atoms with Gasteiger partial charge in [0, 0.05) is 23.8 Å². The van der Waals surface area contributed by atoms with Crippen LogP contribution < -0.4 is 10.3 Å².